The number of aliphatic hydroxyl groups is 1. The molecule has 21 heavy (non-hydrogen) atoms. The number of hydrogen-bond donors (Lipinski definition) is 1. The molecule has 0 saturated carbocycles. The summed E-state index contributed by atoms with van der Waals surface area (Å²) in [5.41, 5.74) is -0.194. The number of rotatable bonds is 2. The fraction of sp³-hybridized carbons (Fsp3) is 0.714. The molecule has 7 heteroatoms. The van der Waals surface area contributed by atoms with Crippen LogP contribution in [0.3, 0.4) is 0 Å². The van der Waals surface area contributed by atoms with Crippen LogP contribution in [-0.2, 0) is 4.74 Å². The first-order valence-electron chi connectivity index (χ1n) is 7.26. The maximum absolute atomic E-state index is 13.6. The van der Waals surface area contributed by atoms with Crippen LogP contribution in [0.5, 0.6) is 0 Å². The highest BCUT2D eigenvalue weighted by Gasteiger charge is 2.42. The van der Waals surface area contributed by atoms with E-state index >= 15 is 0 Å². The Morgan fingerprint density at radius 1 is 1.43 bits per heavy atom. The number of hydrogen-bond acceptors (Lipinski definition) is 6. The van der Waals surface area contributed by atoms with Crippen LogP contribution in [0, 0.1) is 5.82 Å². The Morgan fingerprint density at radius 3 is 2.71 bits per heavy atom. The molecule has 116 valence electrons. The zero-order chi connectivity index (χ0) is 15.0. The highest BCUT2D eigenvalue weighted by Crippen LogP contribution is 2.36. The van der Waals surface area contributed by atoms with Crippen molar-refractivity contribution in [2.24, 2.45) is 0 Å². The molecular weight excluding hydrogens is 275 g/mol. The molecule has 1 aromatic rings. The van der Waals surface area contributed by atoms with Crippen LogP contribution in [-0.4, -0.2) is 60.6 Å². The summed E-state index contributed by atoms with van der Waals surface area (Å²) in [6.07, 6.45) is 3.25. The zero-order valence-electron chi connectivity index (χ0n) is 12.4. The summed E-state index contributed by atoms with van der Waals surface area (Å²) in [5, 5.41) is 9.65. The summed E-state index contributed by atoms with van der Waals surface area (Å²) in [6.45, 7) is 1.94. The van der Waals surface area contributed by atoms with Crippen molar-refractivity contribution in [2.45, 2.75) is 31.0 Å². The summed E-state index contributed by atoms with van der Waals surface area (Å²) in [6, 6.07) is 0. The predicted molar refractivity (Wildman–Crippen MR) is 77.1 cm³/mol. The fourth-order valence-electron chi connectivity index (χ4n) is 3.10. The summed E-state index contributed by atoms with van der Waals surface area (Å²) in [7, 11) is 3.52. The molecule has 0 aromatic carbocycles. The molecule has 3 heterocycles. The molecule has 1 aromatic heterocycles. The van der Waals surface area contributed by atoms with Gasteiger partial charge in [-0.2, -0.15) is 4.98 Å². The second-order valence-electron chi connectivity index (χ2n) is 6.07. The molecule has 0 amide bonds. The van der Waals surface area contributed by atoms with Crippen molar-refractivity contribution in [3.8, 4) is 0 Å². The van der Waals surface area contributed by atoms with E-state index in [1.54, 1.807) is 19.0 Å². The average Bonchev–Trinajstić information content (AvgIpc) is 2.81. The minimum absolute atomic E-state index is 0.194. The van der Waals surface area contributed by atoms with Gasteiger partial charge in [0.2, 0.25) is 5.95 Å². The van der Waals surface area contributed by atoms with E-state index in [9.17, 15) is 9.50 Å². The smallest absolute Gasteiger partial charge is 0.227 e. The number of halogens is 1. The second kappa shape index (κ2) is 5.38. The van der Waals surface area contributed by atoms with Crippen LogP contribution in [0.2, 0.25) is 0 Å². The molecule has 2 aliphatic heterocycles. The molecule has 1 spiro atoms. The lowest BCUT2D eigenvalue weighted by atomic mass is 9.88. The molecule has 0 unspecified atom stereocenters. The Hall–Kier alpha value is -1.47. The van der Waals surface area contributed by atoms with Gasteiger partial charge in [-0.05, 0) is 12.8 Å². The molecule has 2 fully saturated rings. The molecule has 0 radical (unpaired) electrons. The first kappa shape index (κ1) is 14.5. The van der Waals surface area contributed by atoms with Gasteiger partial charge in [0.25, 0.3) is 0 Å². The first-order valence-corrected chi connectivity index (χ1v) is 7.26. The molecule has 3 rings (SSSR count). The minimum atomic E-state index is -0.417. The highest BCUT2D eigenvalue weighted by molar-refractivity contribution is 5.44. The van der Waals surface area contributed by atoms with Crippen molar-refractivity contribution in [3.63, 3.8) is 0 Å². The lowest BCUT2D eigenvalue weighted by Gasteiger charge is -2.38. The Bertz CT molecular complexity index is 518. The average molecular weight is 296 g/mol. The Labute approximate surface area is 123 Å². The van der Waals surface area contributed by atoms with Crippen molar-refractivity contribution in [3.05, 3.63) is 12.0 Å². The van der Waals surface area contributed by atoms with Gasteiger partial charge in [-0.3, -0.25) is 0 Å². The van der Waals surface area contributed by atoms with Crippen LogP contribution in [0.1, 0.15) is 19.3 Å². The van der Waals surface area contributed by atoms with Crippen LogP contribution in [0.25, 0.3) is 0 Å². The third kappa shape index (κ3) is 2.80. The van der Waals surface area contributed by atoms with Crippen LogP contribution >= 0.6 is 0 Å². The Kier molecular flexibility index (Phi) is 3.71. The fourth-order valence-corrected chi connectivity index (χ4v) is 3.10. The van der Waals surface area contributed by atoms with E-state index in [-0.39, 0.29) is 11.7 Å². The highest BCUT2D eigenvalue weighted by atomic mass is 19.1. The van der Waals surface area contributed by atoms with E-state index in [1.165, 1.54) is 6.20 Å². The Morgan fingerprint density at radius 2 is 2.14 bits per heavy atom. The van der Waals surface area contributed by atoms with E-state index in [0.717, 1.165) is 25.9 Å². The van der Waals surface area contributed by atoms with Crippen molar-refractivity contribution in [1.29, 1.82) is 0 Å². The first-order chi connectivity index (χ1) is 9.99. The van der Waals surface area contributed by atoms with E-state index in [1.807, 2.05) is 4.90 Å². The number of aliphatic hydroxyl groups excluding tert-OH is 1. The summed E-state index contributed by atoms with van der Waals surface area (Å²) < 4.78 is 19.4. The molecule has 0 aliphatic carbocycles. The predicted octanol–water partition coefficient (Wildman–Crippen LogP) is 0.802. The summed E-state index contributed by atoms with van der Waals surface area (Å²) in [4.78, 5) is 12.1. The van der Waals surface area contributed by atoms with Gasteiger partial charge in [0, 0.05) is 33.6 Å². The van der Waals surface area contributed by atoms with Gasteiger partial charge in [-0.1, -0.05) is 0 Å². The van der Waals surface area contributed by atoms with Gasteiger partial charge in [-0.15, -0.1) is 0 Å². The van der Waals surface area contributed by atoms with E-state index in [0.29, 0.717) is 24.8 Å². The van der Waals surface area contributed by atoms with Crippen LogP contribution in [0.4, 0.5) is 16.2 Å². The SMILES string of the molecule is CN(C)c1nc(N2CCC3(CC2)C[C@@H](O)CO3)ncc1F. The number of aromatic nitrogens is 2. The Balaban J connectivity index is 1.71. The maximum Gasteiger partial charge on any atom is 0.227 e. The third-order valence-corrected chi connectivity index (χ3v) is 4.28. The summed E-state index contributed by atoms with van der Waals surface area (Å²) >= 11 is 0. The largest absolute Gasteiger partial charge is 0.391 e. The molecule has 1 N–H and O–H groups in total. The lowest BCUT2D eigenvalue weighted by molar-refractivity contribution is -0.0168. The standard InChI is InChI=1S/C14H21FN4O2/c1-18(2)12-11(15)8-16-13(17-12)19-5-3-14(4-6-19)7-10(20)9-21-14/h8,10,20H,3-7,9H2,1-2H3/t10-/m1/s1. The van der Waals surface area contributed by atoms with Crippen molar-refractivity contribution in [1.82, 2.24) is 9.97 Å². The topological polar surface area (TPSA) is 61.7 Å². The van der Waals surface area contributed by atoms with E-state index in [4.69, 9.17) is 4.74 Å². The lowest BCUT2D eigenvalue weighted by Crippen LogP contribution is -2.45. The van der Waals surface area contributed by atoms with Crippen molar-refractivity contribution in [2.75, 3.05) is 43.6 Å². The van der Waals surface area contributed by atoms with Gasteiger partial charge in [0.15, 0.2) is 11.6 Å². The molecule has 2 aliphatic rings. The van der Waals surface area contributed by atoms with Crippen LogP contribution < -0.4 is 9.80 Å². The van der Waals surface area contributed by atoms with Gasteiger partial charge >= 0.3 is 0 Å². The summed E-state index contributed by atoms with van der Waals surface area (Å²) in [5.74, 6) is 0.431. The van der Waals surface area contributed by atoms with Crippen molar-refractivity contribution >= 4 is 11.8 Å². The number of anilines is 2. The van der Waals surface area contributed by atoms with Gasteiger partial charge in [0.05, 0.1) is 24.5 Å². The number of piperidine rings is 1. The second-order valence-corrected chi connectivity index (χ2v) is 6.07. The number of ether oxygens (including phenoxy) is 1. The molecule has 1 atom stereocenters. The van der Waals surface area contributed by atoms with Gasteiger partial charge in [0.1, 0.15) is 0 Å². The van der Waals surface area contributed by atoms with Crippen LogP contribution in [0.15, 0.2) is 6.20 Å². The third-order valence-electron chi connectivity index (χ3n) is 4.28. The van der Waals surface area contributed by atoms with E-state index in [2.05, 4.69) is 9.97 Å². The van der Waals surface area contributed by atoms with E-state index < -0.39 is 5.82 Å². The molecule has 0 bridgehead atoms. The van der Waals surface area contributed by atoms with Gasteiger partial charge < -0.3 is 19.6 Å². The zero-order valence-corrected chi connectivity index (χ0v) is 12.4. The monoisotopic (exact) mass is 296 g/mol. The maximum atomic E-state index is 13.6. The molecular formula is C14H21FN4O2. The number of nitrogens with zero attached hydrogens (tertiary/aromatic N) is 4. The minimum Gasteiger partial charge on any atom is -0.391 e. The quantitative estimate of drug-likeness (QED) is 0.871. The normalized spacial score (nSPS) is 24.6. The molecule has 6 nitrogen and oxygen atoms in total. The molecule has 2 saturated heterocycles. The van der Waals surface area contributed by atoms with Crippen molar-refractivity contribution < 1.29 is 14.2 Å². The van der Waals surface area contributed by atoms with Gasteiger partial charge in [-0.25, -0.2) is 9.37 Å².